The molecule has 2 amide bonds. The molecule has 0 spiro atoms. The Labute approximate surface area is 372 Å². The van der Waals surface area contributed by atoms with Gasteiger partial charge in [0.25, 0.3) is 0 Å². The Bertz CT molecular complexity index is 1300. The molecule has 1 fully saturated rings. The van der Waals surface area contributed by atoms with E-state index in [0.717, 1.165) is 114 Å². The van der Waals surface area contributed by atoms with Crippen LogP contribution in [0, 0.1) is 0 Å². The van der Waals surface area contributed by atoms with E-state index >= 15 is 0 Å². The molecule has 0 N–H and O–H groups in total. The van der Waals surface area contributed by atoms with Gasteiger partial charge in [0, 0.05) is 51.9 Å². The fourth-order valence-corrected chi connectivity index (χ4v) is 7.21. The maximum Gasteiger partial charge on any atom is 0.306 e. The molecule has 0 aliphatic carbocycles. The summed E-state index contributed by atoms with van der Waals surface area (Å²) in [6.07, 6.45) is 18.5. The molecule has 2 aromatic rings. The van der Waals surface area contributed by atoms with Gasteiger partial charge in [0.2, 0.25) is 11.8 Å². The number of rotatable bonds is 26. The molecule has 0 radical (unpaired) electrons. The van der Waals surface area contributed by atoms with Gasteiger partial charge in [-0.15, -0.1) is 0 Å². The standard InChI is InChI=1S/C50H78N2O10/c53-47(27-19-9-5-1-3-7-11-21-29-49(55)61-43-45-23-15-13-16-24-45)51-31-35-57-39-41-59-37-33-52(34-38-60-42-40-58-36-32-51)48(54)28-20-10-6-2-4-8-12-22-30-50(56)62-44-46-25-17-14-18-26-46/h13-18,23-26H,1-12,19-22,27-44H2. The molecular formula is C50H78N2O10. The molecule has 3 rings (SSSR count). The molecular weight excluding hydrogens is 789 g/mol. The quantitative estimate of drug-likeness (QED) is 0.0667. The third kappa shape index (κ3) is 28.0. The summed E-state index contributed by atoms with van der Waals surface area (Å²) in [6, 6.07) is 19.5. The smallest absolute Gasteiger partial charge is 0.306 e. The zero-order chi connectivity index (χ0) is 44.0. The van der Waals surface area contributed by atoms with Crippen LogP contribution in [0.15, 0.2) is 60.7 Å². The van der Waals surface area contributed by atoms with Crippen molar-refractivity contribution >= 4 is 23.8 Å². The fourth-order valence-electron chi connectivity index (χ4n) is 7.21. The Morgan fingerprint density at radius 1 is 0.371 bits per heavy atom. The number of esters is 2. The highest BCUT2D eigenvalue weighted by atomic mass is 16.5. The van der Waals surface area contributed by atoms with Gasteiger partial charge in [-0.05, 0) is 36.8 Å². The number of hydrogen-bond donors (Lipinski definition) is 0. The highest BCUT2D eigenvalue weighted by Crippen LogP contribution is 2.14. The van der Waals surface area contributed by atoms with Crippen molar-refractivity contribution in [3.63, 3.8) is 0 Å². The van der Waals surface area contributed by atoms with E-state index < -0.39 is 0 Å². The minimum atomic E-state index is -0.131. The lowest BCUT2D eigenvalue weighted by atomic mass is 10.1. The monoisotopic (exact) mass is 867 g/mol. The molecule has 0 unspecified atom stereocenters. The number of carbonyl (C=O) groups excluding carboxylic acids is 4. The average molecular weight is 867 g/mol. The van der Waals surface area contributed by atoms with Crippen LogP contribution in [0.5, 0.6) is 0 Å². The van der Waals surface area contributed by atoms with Gasteiger partial charge in [-0.3, -0.25) is 19.2 Å². The van der Waals surface area contributed by atoms with Crippen molar-refractivity contribution in [2.45, 2.75) is 142 Å². The van der Waals surface area contributed by atoms with Gasteiger partial charge in [-0.2, -0.15) is 0 Å². The highest BCUT2D eigenvalue weighted by molar-refractivity contribution is 5.76. The van der Waals surface area contributed by atoms with Crippen LogP contribution in [0.1, 0.15) is 140 Å². The number of ether oxygens (including phenoxy) is 6. The molecule has 0 aromatic heterocycles. The van der Waals surface area contributed by atoms with Gasteiger partial charge in [0.1, 0.15) is 13.2 Å². The van der Waals surface area contributed by atoms with Crippen LogP contribution in [-0.4, -0.2) is 113 Å². The lowest BCUT2D eigenvalue weighted by Gasteiger charge is -2.24. The number of nitrogens with zero attached hydrogens (tertiary/aromatic N) is 2. The molecule has 62 heavy (non-hydrogen) atoms. The first-order chi connectivity index (χ1) is 30.5. The van der Waals surface area contributed by atoms with Gasteiger partial charge < -0.3 is 38.2 Å². The summed E-state index contributed by atoms with van der Waals surface area (Å²) < 4.78 is 34.0. The number of unbranched alkanes of at least 4 members (excludes halogenated alkanes) is 14. The highest BCUT2D eigenvalue weighted by Gasteiger charge is 2.15. The maximum atomic E-state index is 13.1. The van der Waals surface area contributed by atoms with Crippen LogP contribution < -0.4 is 0 Å². The number of amides is 2. The molecule has 1 aliphatic rings. The zero-order valence-corrected chi connectivity index (χ0v) is 37.8. The van der Waals surface area contributed by atoms with Crippen molar-refractivity contribution in [1.29, 1.82) is 0 Å². The predicted molar refractivity (Wildman–Crippen MR) is 241 cm³/mol. The normalized spacial score (nSPS) is 15.0. The van der Waals surface area contributed by atoms with E-state index in [2.05, 4.69) is 0 Å². The molecule has 348 valence electrons. The molecule has 0 atom stereocenters. The SMILES string of the molecule is O=C(CCCCCCCCCCC(=O)N1CCOCCOCCN(C(=O)CCCCCCCCCCC(=O)OCc2ccccc2)CCOCCOCC1)OCc1ccccc1. The first-order valence-electron chi connectivity index (χ1n) is 23.8. The van der Waals surface area contributed by atoms with E-state index in [4.69, 9.17) is 28.4 Å². The Kier molecular flexibility index (Phi) is 31.0. The van der Waals surface area contributed by atoms with E-state index in [1.165, 1.54) is 0 Å². The first kappa shape index (κ1) is 52.5. The van der Waals surface area contributed by atoms with E-state index in [-0.39, 0.29) is 23.8 Å². The summed E-state index contributed by atoms with van der Waals surface area (Å²) >= 11 is 0. The number of hydrogen-bond acceptors (Lipinski definition) is 10. The van der Waals surface area contributed by atoms with Crippen molar-refractivity contribution in [3.05, 3.63) is 71.8 Å². The minimum Gasteiger partial charge on any atom is -0.461 e. The van der Waals surface area contributed by atoms with Crippen LogP contribution >= 0.6 is 0 Å². The molecule has 2 aromatic carbocycles. The van der Waals surface area contributed by atoms with E-state index in [1.54, 1.807) is 0 Å². The lowest BCUT2D eigenvalue weighted by Crippen LogP contribution is -2.38. The third-order valence-electron chi connectivity index (χ3n) is 11.0. The number of carbonyl (C=O) groups is 4. The van der Waals surface area contributed by atoms with Crippen molar-refractivity contribution in [2.75, 3.05) is 79.0 Å². The summed E-state index contributed by atoms with van der Waals surface area (Å²) in [4.78, 5) is 53.9. The Morgan fingerprint density at radius 3 is 0.952 bits per heavy atom. The maximum absolute atomic E-state index is 13.1. The van der Waals surface area contributed by atoms with Crippen molar-refractivity contribution < 1.29 is 47.6 Å². The van der Waals surface area contributed by atoms with Gasteiger partial charge in [0.15, 0.2) is 0 Å². The lowest BCUT2D eigenvalue weighted by molar-refractivity contribution is -0.146. The summed E-state index contributed by atoms with van der Waals surface area (Å²) in [5.41, 5.74) is 2.02. The second kappa shape index (κ2) is 36.6. The van der Waals surface area contributed by atoms with Gasteiger partial charge in [-0.1, -0.05) is 138 Å². The van der Waals surface area contributed by atoms with Gasteiger partial charge in [0.05, 0.1) is 52.9 Å². The van der Waals surface area contributed by atoms with E-state index in [0.29, 0.717) is 118 Å². The number of benzene rings is 2. The fraction of sp³-hybridized carbons (Fsp3) is 0.680. The van der Waals surface area contributed by atoms with Gasteiger partial charge >= 0.3 is 11.9 Å². The largest absolute Gasteiger partial charge is 0.461 e. The van der Waals surface area contributed by atoms with E-state index in [9.17, 15) is 19.2 Å². The molecule has 12 heteroatoms. The summed E-state index contributed by atoms with van der Waals surface area (Å²) in [5, 5.41) is 0. The first-order valence-corrected chi connectivity index (χ1v) is 23.8. The zero-order valence-electron chi connectivity index (χ0n) is 37.8. The molecule has 0 saturated carbocycles. The molecule has 12 nitrogen and oxygen atoms in total. The van der Waals surface area contributed by atoms with Crippen LogP contribution in [-0.2, 0) is 60.8 Å². The summed E-state index contributed by atoms with van der Waals surface area (Å²) in [6.45, 7) is 6.13. The van der Waals surface area contributed by atoms with Crippen LogP contribution in [0.4, 0.5) is 0 Å². The third-order valence-corrected chi connectivity index (χ3v) is 11.0. The van der Waals surface area contributed by atoms with Crippen molar-refractivity contribution in [2.24, 2.45) is 0 Å². The minimum absolute atomic E-state index is 0.130. The van der Waals surface area contributed by atoms with Crippen molar-refractivity contribution in [3.8, 4) is 0 Å². The molecule has 1 aliphatic heterocycles. The molecule has 0 bridgehead atoms. The van der Waals surface area contributed by atoms with Gasteiger partial charge in [-0.25, -0.2) is 0 Å². The van der Waals surface area contributed by atoms with Crippen LogP contribution in [0.3, 0.4) is 0 Å². The Hall–Kier alpha value is -3.84. The summed E-state index contributed by atoms with van der Waals surface area (Å²) in [7, 11) is 0. The van der Waals surface area contributed by atoms with Crippen LogP contribution in [0.2, 0.25) is 0 Å². The summed E-state index contributed by atoms with van der Waals surface area (Å²) in [5.74, 6) is -0.00196. The molecule has 1 heterocycles. The average Bonchev–Trinajstić information content (AvgIpc) is 3.29. The Balaban J connectivity index is 1.16. The van der Waals surface area contributed by atoms with E-state index in [1.807, 2.05) is 70.5 Å². The topological polar surface area (TPSA) is 130 Å². The predicted octanol–water partition coefficient (Wildman–Crippen LogP) is 9.01. The Morgan fingerprint density at radius 2 is 0.645 bits per heavy atom. The second-order valence-electron chi connectivity index (χ2n) is 16.2. The van der Waals surface area contributed by atoms with Crippen molar-refractivity contribution in [1.82, 2.24) is 9.80 Å². The van der Waals surface area contributed by atoms with Crippen LogP contribution in [0.25, 0.3) is 0 Å². The second-order valence-corrected chi connectivity index (χ2v) is 16.2. The molecule has 1 saturated heterocycles.